The highest BCUT2D eigenvalue weighted by atomic mass is 79.9. The Morgan fingerprint density at radius 1 is 1.24 bits per heavy atom. The van der Waals surface area contributed by atoms with Crippen molar-refractivity contribution < 1.29 is 14.0 Å². The number of thiazole rings is 1. The number of hydrogen-bond donors (Lipinski definition) is 1. The van der Waals surface area contributed by atoms with Crippen LogP contribution in [0.4, 0.5) is 10.8 Å². The molecule has 8 heteroatoms. The second-order valence-corrected chi connectivity index (χ2v) is 6.87. The van der Waals surface area contributed by atoms with Crippen molar-refractivity contribution in [3.63, 3.8) is 0 Å². The number of rotatable bonds is 4. The molecule has 1 aromatic carbocycles. The lowest BCUT2D eigenvalue weighted by Crippen LogP contribution is -2.28. The third-order valence-electron chi connectivity index (χ3n) is 3.44. The molecule has 2 heterocycles. The van der Waals surface area contributed by atoms with Crippen molar-refractivity contribution >= 4 is 49.9 Å². The van der Waals surface area contributed by atoms with Gasteiger partial charge in [0, 0.05) is 12.4 Å². The van der Waals surface area contributed by atoms with E-state index in [-0.39, 0.29) is 17.6 Å². The Labute approximate surface area is 156 Å². The van der Waals surface area contributed by atoms with Crippen LogP contribution >= 0.6 is 27.3 Å². The van der Waals surface area contributed by atoms with Gasteiger partial charge in [-0.1, -0.05) is 12.1 Å². The SMILES string of the molecule is Cc1csc(NC(=O)c2ccccc2N(C)C(=O)c2ccc(Br)o2)n1. The molecule has 3 rings (SSSR count). The number of anilines is 2. The van der Waals surface area contributed by atoms with Gasteiger partial charge in [-0.2, -0.15) is 0 Å². The predicted molar refractivity (Wildman–Crippen MR) is 100 cm³/mol. The summed E-state index contributed by atoms with van der Waals surface area (Å²) in [5, 5.41) is 5.12. The Hall–Kier alpha value is -2.45. The van der Waals surface area contributed by atoms with Crippen LogP contribution in [0.25, 0.3) is 0 Å². The topological polar surface area (TPSA) is 75.4 Å². The fraction of sp³-hybridized carbons (Fsp3) is 0.118. The quantitative estimate of drug-likeness (QED) is 0.682. The first kappa shape index (κ1) is 17.4. The molecule has 0 aliphatic carbocycles. The lowest BCUT2D eigenvalue weighted by Gasteiger charge is -2.19. The summed E-state index contributed by atoms with van der Waals surface area (Å²) in [5.74, 6) is -0.499. The van der Waals surface area contributed by atoms with Crippen LogP contribution in [0, 0.1) is 6.92 Å². The molecule has 0 aliphatic rings. The third kappa shape index (κ3) is 3.80. The highest BCUT2D eigenvalue weighted by Gasteiger charge is 2.22. The second kappa shape index (κ2) is 7.20. The smallest absolute Gasteiger partial charge is 0.293 e. The number of benzene rings is 1. The van der Waals surface area contributed by atoms with Gasteiger partial charge in [0.1, 0.15) is 0 Å². The lowest BCUT2D eigenvalue weighted by molar-refractivity contribution is 0.0965. The summed E-state index contributed by atoms with van der Waals surface area (Å²) in [5.41, 5.74) is 1.69. The van der Waals surface area contributed by atoms with E-state index in [0.29, 0.717) is 21.1 Å². The molecule has 0 spiro atoms. The summed E-state index contributed by atoms with van der Waals surface area (Å²) in [7, 11) is 1.60. The van der Waals surface area contributed by atoms with E-state index in [4.69, 9.17) is 4.42 Å². The van der Waals surface area contributed by atoms with E-state index in [1.165, 1.54) is 16.2 Å². The zero-order chi connectivity index (χ0) is 18.0. The first-order valence-corrected chi connectivity index (χ1v) is 8.99. The number of nitrogens with zero attached hydrogens (tertiary/aromatic N) is 2. The highest BCUT2D eigenvalue weighted by molar-refractivity contribution is 9.10. The van der Waals surface area contributed by atoms with E-state index < -0.39 is 0 Å². The molecule has 6 nitrogen and oxygen atoms in total. The average Bonchev–Trinajstić information content (AvgIpc) is 3.21. The molecular formula is C17H14BrN3O3S. The molecule has 0 unspecified atom stereocenters. The second-order valence-electron chi connectivity index (χ2n) is 5.23. The Morgan fingerprint density at radius 3 is 2.64 bits per heavy atom. The molecule has 2 aromatic heterocycles. The van der Waals surface area contributed by atoms with Crippen molar-refractivity contribution in [3.8, 4) is 0 Å². The van der Waals surface area contributed by atoms with Crippen molar-refractivity contribution in [2.45, 2.75) is 6.92 Å². The van der Waals surface area contributed by atoms with Gasteiger partial charge in [0.2, 0.25) is 0 Å². The van der Waals surface area contributed by atoms with Crippen molar-refractivity contribution in [1.82, 2.24) is 4.98 Å². The summed E-state index contributed by atoms with van der Waals surface area (Å²) in [6.07, 6.45) is 0. The first-order valence-electron chi connectivity index (χ1n) is 7.31. The van der Waals surface area contributed by atoms with E-state index in [0.717, 1.165) is 5.69 Å². The van der Waals surface area contributed by atoms with Crippen molar-refractivity contribution in [3.05, 3.63) is 63.5 Å². The van der Waals surface area contributed by atoms with Crippen LogP contribution in [0.1, 0.15) is 26.6 Å². The molecule has 0 aliphatic heterocycles. The summed E-state index contributed by atoms with van der Waals surface area (Å²) in [4.78, 5) is 30.8. The third-order valence-corrected chi connectivity index (χ3v) is 4.74. The molecule has 0 saturated heterocycles. The maximum absolute atomic E-state index is 12.6. The summed E-state index contributed by atoms with van der Waals surface area (Å²) in [6.45, 7) is 1.86. The van der Waals surface area contributed by atoms with Gasteiger partial charge < -0.3 is 9.32 Å². The first-order chi connectivity index (χ1) is 12.0. The lowest BCUT2D eigenvalue weighted by atomic mass is 10.1. The molecule has 1 N–H and O–H groups in total. The van der Waals surface area contributed by atoms with Crippen LogP contribution in [0.2, 0.25) is 0 Å². The molecule has 0 atom stereocenters. The molecule has 3 aromatic rings. The molecule has 0 fully saturated rings. The fourth-order valence-corrected chi connectivity index (χ4v) is 3.23. The number of amides is 2. The molecule has 2 amide bonds. The summed E-state index contributed by atoms with van der Waals surface area (Å²) in [6, 6.07) is 10.1. The molecule has 0 radical (unpaired) electrons. The molecule has 0 saturated carbocycles. The van der Waals surface area contributed by atoms with Gasteiger partial charge in [0.05, 0.1) is 16.9 Å². The number of hydrogen-bond acceptors (Lipinski definition) is 5. The normalized spacial score (nSPS) is 10.5. The van der Waals surface area contributed by atoms with Gasteiger partial charge in [0.25, 0.3) is 11.8 Å². The number of halogens is 1. The zero-order valence-electron chi connectivity index (χ0n) is 13.4. The number of carbonyl (C=O) groups is 2. The molecule has 25 heavy (non-hydrogen) atoms. The number of para-hydroxylation sites is 1. The number of nitrogens with one attached hydrogen (secondary N) is 1. The van der Waals surface area contributed by atoms with Crippen molar-refractivity contribution in [2.75, 3.05) is 17.3 Å². The molecular weight excluding hydrogens is 406 g/mol. The Kier molecular flexibility index (Phi) is 5.00. The number of furan rings is 1. The Balaban J connectivity index is 1.87. The maximum Gasteiger partial charge on any atom is 0.293 e. The van der Waals surface area contributed by atoms with Crippen LogP contribution in [-0.4, -0.2) is 23.8 Å². The van der Waals surface area contributed by atoms with Gasteiger partial charge >= 0.3 is 0 Å². The monoisotopic (exact) mass is 419 g/mol. The van der Waals surface area contributed by atoms with E-state index in [2.05, 4.69) is 26.2 Å². The van der Waals surface area contributed by atoms with Crippen LogP contribution in [0.15, 0.2) is 50.9 Å². The van der Waals surface area contributed by atoms with Gasteiger partial charge in [-0.15, -0.1) is 11.3 Å². The largest absolute Gasteiger partial charge is 0.444 e. The fourth-order valence-electron chi connectivity index (χ4n) is 2.24. The number of carbonyl (C=O) groups excluding carboxylic acids is 2. The van der Waals surface area contributed by atoms with E-state index in [1.54, 1.807) is 43.4 Å². The Bertz CT molecular complexity index is 935. The van der Waals surface area contributed by atoms with Gasteiger partial charge in [-0.25, -0.2) is 4.98 Å². The predicted octanol–water partition coefficient (Wildman–Crippen LogP) is 4.34. The zero-order valence-corrected chi connectivity index (χ0v) is 15.8. The summed E-state index contributed by atoms with van der Waals surface area (Å²) < 4.78 is 5.77. The standard InChI is InChI=1S/C17H14BrN3O3S/c1-10-9-25-17(19-10)20-15(22)11-5-3-4-6-12(11)21(2)16(23)13-7-8-14(18)24-13/h3-9H,1-2H3,(H,19,20,22). The summed E-state index contributed by atoms with van der Waals surface area (Å²) >= 11 is 4.52. The van der Waals surface area contributed by atoms with Gasteiger partial charge in [0.15, 0.2) is 15.6 Å². The molecule has 128 valence electrons. The van der Waals surface area contributed by atoms with E-state index >= 15 is 0 Å². The number of aromatic nitrogens is 1. The van der Waals surface area contributed by atoms with E-state index in [1.807, 2.05) is 12.3 Å². The van der Waals surface area contributed by atoms with Crippen LogP contribution in [-0.2, 0) is 0 Å². The highest BCUT2D eigenvalue weighted by Crippen LogP contribution is 2.24. The maximum atomic E-state index is 12.6. The minimum Gasteiger partial charge on any atom is -0.444 e. The van der Waals surface area contributed by atoms with Crippen molar-refractivity contribution in [1.29, 1.82) is 0 Å². The average molecular weight is 420 g/mol. The van der Waals surface area contributed by atoms with Gasteiger partial charge in [-0.3, -0.25) is 14.9 Å². The number of aryl methyl sites for hydroxylation is 1. The van der Waals surface area contributed by atoms with E-state index in [9.17, 15) is 9.59 Å². The van der Waals surface area contributed by atoms with Crippen LogP contribution in [0.5, 0.6) is 0 Å². The molecule has 0 bridgehead atoms. The minimum atomic E-state index is -0.351. The minimum absolute atomic E-state index is 0.181. The van der Waals surface area contributed by atoms with Gasteiger partial charge in [-0.05, 0) is 47.1 Å². The van der Waals surface area contributed by atoms with Crippen LogP contribution < -0.4 is 10.2 Å². The Morgan fingerprint density at radius 2 is 2.00 bits per heavy atom. The van der Waals surface area contributed by atoms with Crippen LogP contribution in [0.3, 0.4) is 0 Å². The van der Waals surface area contributed by atoms with Crippen molar-refractivity contribution in [2.24, 2.45) is 0 Å².